The number of nitrogens with one attached hydrogen (secondary N) is 2. The Bertz CT molecular complexity index is 303. The molecule has 0 radical (unpaired) electrons. The van der Waals surface area contributed by atoms with Gasteiger partial charge >= 0.3 is 0 Å². The molecular formula is C16H31N3O. The first-order valence-electron chi connectivity index (χ1n) is 8.36. The molecule has 2 rings (SSSR count). The molecule has 1 unspecified atom stereocenters. The van der Waals surface area contributed by atoms with Crippen LogP contribution < -0.4 is 10.6 Å². The van der Waals surface area contributed by atoms with Crippen LogP contribution in [0.5, 0.6) is 0 Å². The highest BCUT2D eigenvalue weighted by Gasteiger charge is 2.43. The van der Waals surface area contributed by atoms with Crippen LogP contribution in [0.15, 0.2) is 0 Å². The fourth-order valence-electron chi connectivity index (χ4n) is 3.52. The first-order valence-corrected chi connectivity index (χ1v) is 8.36. The van der Waals surface area contributed by atoms with Gasteiger partial charge in [-0.3, -0.25) is 4.79 Å². The lowest BCUT2D eigenvalue weighted by atomic mass is 9.75. The van der Waals surface area contributed by atoms with Gasteiger partial charge in [0.25, 0.3) is 0 Å². The zero-order valence-electron chi connectivity index (χ0n) is 13.2. The highest BCUT2D eigenvalue weighted by molar-refractivity contribution is 5.83. The van der Waals surface area contributed by atoms with E-state index >= 15 is 0 Å². The Morgan fingerprint density at radius 3 is 2.50 bits per heavy atom. The van der Waals surface area contributed by atoms with Gasteiger partial charge in [-0.25, -0.2) is 0 Å². The molecule has 0 aliphatic carbocycles. The summed E-state index contributed by atoms with van der Waals surface area (Å²) >= 11 is 0. The van der Waals surface area contributed by atoms with Crippen LogP contribution in [-0.2, 0) is 4.79 Å². The van der Waals surface area contributed by atoms with Crippen molar-refractivity contribution in [2.24, 2.45) is 11.3 Å². The summed E-state index contributed by atoms with van der Waals surface area (Å²) in [7, 11) is 0. The van der Waals surface area contributed by atoms with Crippen LogP contribution in [0.3, 0.4) is 0 Å². The van der Waals surface area contributed by atoms with Crippen molar-refractivity contribution in [1.82, 2.24) is 15.5 Å². The normalized spacial score (nSPS) is 28.6. The quantitative estimate of drug-likeness (QED) is 0.805. The second-order valence-electron chi connectivity index (χ2n) is 6.75. The molecule has 2 saturated heterocycles. The molecule has 2 heterocycles. The van der Waals surface area contributed by atoms with Gasteiger partial charge in [0.15, 0.2) is 0 Å². The molecule has 2 N–H and O–H groups in total. The minimum atomic E-state index is -0.182. The molecule has 0 aromatic rings. The lowest BCUT2D eigenvalue weighted by Crippen LogP contribution is -2.48. The van der Waals surface area contributed by atoms with E-state index in [0.717, 1.165) is 32.6 Å². The molecule has 1 amide bonds. The maximum absolute atomic E-state index is 12.5. The third kappa shape index (κ3) is 3.73. The van der Waals surface area contributed by atoms with E-state index in [0.29, 0.717) is 5.92 Å². The topological polar surface area (TPSA) is 44.4 Å². The molecular weight excluding hydrogens is 250 g/mol. The average molecular weight is 281 g/mol. The van der Waals surface area contributed by atoms with Crippen molar-refractivity contribution in [1.29, 1.82) is 0 Å². The summed E-state index contributed by atoms with van der Waals surface area (Å²) in [6, 6.07) is 0. The molecule has 4 heteroatoms. The van der Waals surface area contributed by atoms with Crippen molar-refractivity contribution in [2.75, 3.05) is 39.3 Å². The van der Waals surface area contributed by atoms with Gasteiger partial charge in [0, 0.05) is 19.6 Å². The molecule has 0 aromatic heterocycles. The zero-order chi connectivity index (χ0) is 14.4. The van der Waals surface area contributed by atoms with Gasteiger partial charge in [-0.05, 0) is 44.8 Å². The lowest BCUT2D eigenvalue weighted by Gasteiger charge is -2.31. The Labute approximate surface area is 123 Å². The van der Waals surface area contributed by atoms with Gasteiger partial charge < -0.3 is 15.5 Å². The molecule has 2 fully saturated rings. The monoisotopic (exact) mass is 281 g/mol. The Morgan fingerprint density at radius 1 is 1.25 bits per heavy atom. The van der Waals surface area contributed by atoms with E-state index in [-0.39, 0.29) is 11.3 Å². The van der Waals surface area contributed by atoms with E-state index in [1.54, 1.807) is 0 Å². The first kappa shape index (κ1) is 15.8. The molecule has 0 bridgehead atoms. The summed E-state index contributed by atoms with van der Waals surface area (Å²) in [5.41, 5.74) is -0.182. The highest BCUT2D eigenvalue weighted by Crippen LogP contribution is 2.34. The van der Waals surface area contributed by atoms with Crippen molar-refractivity contribution in [3.05, 3.63) is 0 Å². The van der Waals surface area contributed by atoms with Crippen LogP contribution in [0.4, 0.5) is 0 Å². The molecule has 20 heavy (non-hydrogen) atoms. The Balaban J connectivity index is 1.76. The lowest BCUT2D eigenvalue weighted by molar-refractivity contribution is -0.132. The molecule has 0 saturated carbocycles. The summed E-state index contributed by atoms with van der Waals surface area (Å²) in [6.45, 7) is 10.3. The van der Waals surface area contributed by atoms with Crippen molar-refractivity contribution in [3.63, 3.8) is 0 Å². The minimum Gasteiger partial charge on any atom is -0.354 e. The van der Waals surface area contributed by atoms with Gasteiger partial charge in [-0.2, -0.15) is 0 Å². The predicted molar refractivity (Wildman–Crippen MR) is 82.7 cm³/mol. The van der Waals surface area contributed by atoms with Gasteiger partial charge in [-0.15, -0.1) is 0 Å². The van der Waals surface area contributed by atoms with Crippen LogP contribution >= 0.6 is 0 Å². The molecule has 116 valence electrons. The number of hydrogen-bond acceptors (Lipinski definition) is 3. The number of rotatable bonds is 5. The largest absolute Gasteiger partial charge is 0.354 e. The summed E-state index contributed by atoms with van der Waals surface area (Å²) in [6.07, 6.45) is 6.33. The highest BCUT2D eigenvalue weighted by atomic mass is 16.2. The van der Waals surface area contributed by atoms with Gasteiger partial charge in [0.05, 0.1) is 5.41 Å². The average Bonchev–Trinajstić information content (AvgIpc) is 2.79. The maximum Gasteiger partial charge on any atom is 0.227 e. The standard InChI is InChI=1S/C16H31N3O/c1-14(2)16(7-8-17-13-16)15(20)18-9-12-19-10-5-3-4-6-11-19/h14,17H,3-13H2,1-2H3,(H,18,20). The van der Waals surface area contributed by atoms with Crippen molar-refractivity contribution in [2.45, 2.75) is 46.0 Å². The number of nitrogens with zero attached hydrogens (tertiary/aromatic N) is 1. The minimum absolute atomic E-state index is 0.182. The molecule has 0 spiro atoms. The molecule has 2 aliphatic rings. The first-order chi connectivity index (χ1) is 9.65. The van der Waals surface area contributed by atoms with Crippen LogP contribution in [-0.4, -0.2) is 50.1 Å². The number of carbonyl (C=O) groups excluding carboxylic acids is 1. The van der Waals surface area contributed by atoms with E-state index in [1.165, 1.54) is 38.8 Å². The second kappa shape index (κ2) is 7.41. The zero-order valence-corrected chi connectivity index (χ0v) is 13.2. The van der Waals surface area contributed by atoms with Crippen molar-refractivity contribution >= 4 is 5.91 Å². The summed E-state index contributed by atoms with van der Waals surface area (Å²) in [5.74, 6) is 0.656. The van der Waals surface area contributed by atoms with Crippen molar-refractivity contribution in [3.8, 4) is 0 Å². The Morgan fingerprint density at radius 2 is 1.95 bits per heavy atom. The summed E-state index contributed by atoms with van der Waals surface area (Å²) in [4.78, 5) is 15.1. The van der Waals surface area contributed by atoms with Crippen LogP contribution in [0, 0.1) is 11.3 Å². The Kier molecular flexibility index (Phi) is 5.85. The maximum atomic E-state index is 12.5. The SMILES string of the molecule is CC(C)C1(C(=O)NCCN2CCCCCC2)CCNC1. The Hall–Kier alpha value is -0.610. The molecule has 1 atom stereocenters. The fourth-order valence-corrected chi connectivity index (χ4v) is 3.52. The fraction of sp³-hybridized carbons (Fsp3) is 0.938. The van der Waals surface area contributed by atoms with Gasteiger partial charge in [0.1, 0.15) is 0 Å². The summed E-state index contributed by atoms with van der Waals surface area (Å²) < 4.78 is 0. The smallest absolute Gasteiger partial charge is 0.227 e. The predicted octanol–water partition coefficient (Wildman–Crippen LogP) is 1.61. The van der Waals surface area contributed by atoms with E-state index < -0.39 is 0 Å². The van der Waals surface area contributed by atoms with E-state index in [4.69, 9.17) is 0 Å². The molecule has 4 nitrogen and oxygen atoms in total. The van der Waals surface area contributed by atoms with Crippen molar-refractivity contribution < 1.29 is 4.79 Å². The van der Waals surface area contributed by atoms with Crippen LogP contribution in [0.25, 0.3) is 0 Å². The van der Waals surface area contributed by atoms with E-state index in [1.807, 2.05) is 0 Å². The second-order valence-corrected chi connectivity index (χ2v) is 6.75. The van der Waals surface area contributed by atoms with Crippen LogP contribution in [0.2, 0.25) is 0 Å². The number of hydrogen-bond donors (Lipinski definition) is 2. The van der Waals surface area contributed by atoms with Gasteiger partial charge in [0.2, 0.25) is 5.91 Å². The third-order valence-corrected chi connectivity index (χ3v) is 5.16. The number of amides is 1. The summed E-state index contributed by atoms with van der Waals surface area (Å²) in [5, 5.41) is 6.55. The number of carbonyl (C=O) groups is 1. The molecule has 0 aromatic carbocycles. The van der Waals surface area contributed by atoms with Gasteiger partial charge in [-0.1, -0.05) is 26.7 Å². The molecule has 2 aliphatic heterocycles. The number of likely N-dealkylation sites (tertiary alicyclic amines) is 1. The van der Waals surface area contributed by atoms with Crippen LogP contribution in [0.1, 0.15) is 46.0 Å². The van der Waals surface area contributed by atoms with E-state index in [9.17, 15) is 4.79 Å². The van der Waals surface area contributed by atoms with E-state index in [2.05, 4.69) is 29.4 Å². The third-order valence-electron chi connectivity index (χ3n) is 5.16.